The van der Waals surface area contributed by atoms with Crippen molar-refractivity contribution in [3.05, 3.63) is 42.0 Å². The number of ether oxygens (including phenoxy) is 3. The first-order valence-electron chi connectivity index (χ1n) is 8.71. The van der Waals surface area contributed by atoms with Crippen LogP contribution in [0.25, 0.3) is 10.2 Å². The summed E-state index contributed by atoms with van der Waals surface area (Å²) in [6, 6.07) is 10.8. The molecule has 1 heterocycles. The summed E-state index contributed by atoms with van der Waals surface area (Å²) < 4.78 is 17.1. The van der Waals surface area contributed by atoms with E-state index in [1.165, 1.54) is 18.4 Å². The molecule has 1 aromatic heterocycles. The second-order valence-corrected chi connectivity index (χ2v) is 6.91. The van der Waals surface area contributed by atoms with Crippen LogP contribution >= 0.6 is 11.3 Å². The molecular weight excluding hydrogens is 364 g/mol. The fourth-order valence-electron chi connectivity index (χ4n) is 2.53. The molecule has 0 unspecified atom stereocenters. The van der Waals surface area contributed by atoms with Crippen LogP contribution in [0.3, 0.4) is 0 Å². The second-order valence-electron chi connectivity index (χ2n) is 5.87. The minimum Gasteiger partial charge on any atom is -0.494 e. The van der Waals surface area contributed by atoms with Gasteiger partial charge in [0.05, 0.1) is 31.0 Å². The van der Waals surface area contributed by atoms with Crippen molar-refractivity contribution in [2.24, 2.45) is 0 Å². The van der Waals surface area contributed by atoms with E-state index in [0.29, 0.717) is 28.8 Å². The van der Waals surface area contributed by atoms with E-state index in [9.17, 15) is 4.79 Å². The van der Waals surface area contributed by atoms with Crippen molar-refractivity contribution in [3.63, 3.8) is 0 Å². The van der Waals surface area contributed by atoms with E-state index < -0.39 is 0 Å². The van der Waals surface area contributed by atoms with E-state index in [4.69, 9.17) is 14.2 Å². The number of nitrogens with one attached hydrogen (secondary N) is 1. The molecule has 0 atom stereocenters. The van der Waals surface area contributed by atoms with Crippen molar-refractivity contribution in [1.29, 1.82) is 0 Å². The number of benzene rings is 2. The molecule has 6 nitrogen and oxygen atoms in total. The number of fused-ring (bicyclic) bond motifs is 1. The Morgan fingerprint density at radius 2 is 1.93 bits per heavy atom. The largest absolute Gasteiger partial charge is 0.494 e. The summed E-state index contributed by atoms with van der Waals surface area (Å²) in [5, 5.41) is 3.38. The molecule has 0 aliphatic carbocycles. The van der Waals surface area contributed by atoms with Crippen LogP contribution < -0.4 is 19.5 Å². The summed E-state index contributed by atoms with van der Waals surface area (Å²) in [7, 11) is 3.09. The van der Waals surface area contributed by atoms with E-state index >= 15 is 0 Å². The molecule has 2 aromatic carbocycles. The van der Waals surface area contributed by atoms with Gasteiger partial charge in [0.1, 0.15) is 5.75 Å². The normalized spacial score (nSPS) is 10.6. The zero-order chi connectivity index (χ0) is 19.2. The van der Waals surface area contributed by atoms with Crippen LogP contribution in [0, 0.1) is 0 Å². The van der Waals surface area contributed by atoms with E-state index in [1.54, 1.807) is 25.3 Å². The standard InChI is InChI=1S/C20H22N2O4S/c1-4-5-10-26-14-7-8-15-18(12-14)27-20(21-15)22-19(23)13-6-9-16(24-2)17(11-13)25-3/h6-9,11-12H,4-5,10H2,1-3H3,(H,21,22,23). The van der Waals surface area contributed by atoms with Crippen LogP contribution in [0.5, 0.6) is 17.2 Å². The highest BCUT2D eigenvalue weighted by atomic mass is 32.1. The van der Waals surface area contributed by atoms with Crippen LogP contribution in [0.2, 0.25) is 0 Å². The van der Waals surface area contributed by atoms with Gasteiger partial charge in [0.25, 0.3) is 5.91 Å². The maximum atomic E-state index is 12.5. The van der Waals surface area contributed by atoms with Crippen molar-refractivity contribution in [2.75, 3.05) is 26.1 Å². The number of hydrogen-bond acceptors (Lipinski definition) is 6. The molecule has 0 aliphatic heterocycles. The molecule has 0 aliphatic rings. The monoisotopic (exact) mass is 386 g/mol. The van der Waals surface area contributed by atoms with Crippen molar-refractivity contribution < 1.29 is 19.0 Å². The predicted molar refractivity (Wildman–Crippen MR) is 108 cm³/mol. The highest BCUT2D eigenvalue weighted by Crippen LogP contribution is 2.31. The predicted octanol–water partition coefficient (Wildman–Crippen LogP) is 4.74. The number of carbonyl (C=O) groups is 1. The molecule has 0 spiro atoms. The van der Waals surface area contributed by atoms with Crippen LogP contribution in [-0.2, 0) is 0 Å². The fraction of sp³-hybridized carbons (Fsp3) is 0.300. The Morgan fingerprint density at radius 1 is 1.11 bits per heavy atom. The highest BCUT2D eigenvalue weighted by Gasteiger charge is 2.13. The molecule has 0 fully saturated rings. The van der Waals surface area contributed by atoms with Crippen LogP contribution in [0.1, 0.15) is 30.1 Å². The van der Waals surface area contributed by atoms with Crippen molar-refractivity contribution in [1.82, 2.24) is 4.98 Å². The van der Waals surface area contributed by atoms with Gasteiger partial charge in [-0.2, -0.15) is 0 Å². The average Bonchev–Trinajstić information content (AvgIpc) is 3.09. The van der Waals surface area contributed by atoms with Crippen molar-refractivity contribution >= 4 is 32.6 Å². The van der Waals surface area contributed by atoms with Gasteiger partial charge in [0.2, 0.25) is 0 Å². The molecule has 0 saturated heterocycles. The third-order valence-corrected chi connectivity index (χ3v) is 4.93. The Balaban J connectivity index is 1.75. The summed E-state index contributed by atoms with van der Waals surface area (Å²) in [5.41, 5.74) is 1.29. The lowest BCUT2D eigenvalue weighted by molar-refractivity contribution is 0.102. The number of methoxy groups -OCH3 is 2. The van der Waals surface area contributed by atoms with Crippen LogP contribution in [0.15, 0.2) is 36.4 Å². The summed E-state index contributed by atoms with van der Waals surface area (Å²) in [5.74, 6) is 1.64. The van der Waals surface area contributed by atoms with E-state index in [-0.39, 0.29) is 5.91 Å². The molecule has 0 bridgehead atoms. The number of unbranched alkanes of at least 4 members (excludes halogenated alkanes) is 1. The van der Waals surface area contributed by atoms with Crippen molar-refractivity contribution in [2.45, 2.75) is 19.8 Å². The van der Waals surface area contributed by atoms with Gasteiger partial charge in [-0.25, -0.2) is 4.98 Å². The lowest BCUT2D eigenvalue weighted by Crippen LogP contribution is -2.11. The van der Waals surface area contributed by atoms with E-state index in [0.717, 1.165) is 28.8 Å². The van der Waals surface area contributed by atoms with Gasteiger partial charge in [-0.15, -0.1) is 0 Å². The van der Waals surface area contributed by atoms with Gasteiger partial charge in [-0.05, 0) is 42.8 Å². The lowest BCUT2D eigenvalue weighted by atomic mass is 10.2. The van der Waals surface area contributed by atoms with Gasteiger partial charge in [-0.3, -0.25) is 10.1 Å². The Labute approximate surface area is 162 Å². The number of rotatable bonds is 8. The first-order chi connectivity index (χ1) is 13.1. The zero-order valence-electron chi connectivity index (χ0n) is 15.6. The number of anilines is 1. The quantitative estimate of drug-likeness (QED) is 0.566. The molecule has 27 heavy (non-hydrogen) atoms. The molecule has 7 heteroatoms. The summed E-state index contributed by atoms with van der Waals surface area (Å²) in [4.78, 5) is 17.0. The lowest BCUT2D eigenvalue weighted by Gasteiger charge is -2.09. The number of aromatic nitrogens is 1. The fourth-order valence-corrected chi connectivity index (χ4v) is 3.42. The molecule has 1 amide bonds. The Hall–Kier alpha value is -2.80. The highest BCUT2D eigenvalue weighted by molar-refractivity contribution is 7.22. The minimum atomic E-state index is -0.255. The summed E-state index contributed by atoms with van der Waals surface area (Å²) >= 11 is 1.41. The molecule has 3 rings (SSSR count). The number of amides is 1. The SMILES string of the molecule is CCCCOc1ccc2nc(NC(=O)c3ccc(OC)c(OC)c3)sc2c1. The summed E-state index contributed by atoms with van der Waals surface area (Å²) in [6.07, 6.45) is 2.11. The molecule has 142 valence electrons. The van der Waals surface area contributed by atoms with Crippen LogP contribution in [0.4, 0.5) is 5.13 Å². The average molecular weight is 386 g/mol. The zero-order valence-corrected chi connectivity index (χ0v) is 16.4. The van der Waals surface area contributed by atoms with Crippen molar-refractivity contribution in [3.8, 4) is 17.2 Å². The maximum Gasteiger partial charge on any atom is 0.257 e. The molecular formula is C20H22N2O4S. The van der Waals surface area contributed by atoms with Gasteiger partial charge < -0.3 is 14.2 Å². The molecule has 0 saturated carbocycles. The Kier molecular flexibility index (Phi) is 6.13. The van der Waals surface area contributed by atoms with Gasteiger partial charge in [0.15, 0.2) is 16.6 Å². The number of thiazole rings is 1. The van der Waals surface area contributed by atoms with Gasteiger partial charge in [0, 0.05) is 5.56 Å². The maximum absolute atomic E-state index is 12.5. The Bertz CT molecular complexity index is 939. The Morgan fingerprint density at radius 3 is 2.67 bits per heavy atom. The first-order valence-corrected chi connectivity index (χ1v) is 9.53. The van der Waals surface area contributed by atoms with Crippen LogP contribution in [-0.4, -0.2) is 31.7 Å². The van der Waals surface area contributed by atoms with Gasteiger partial charge >= 0.3 is 0 Å². The topological polar surface area (TPSA) is 69.7 Å². The minimum absolute atomic E-state index is 0.255. The number of carbonyl (C=O) groups excluding carboxylic acids is 1. The third-order valence-electron chi connectivity index (χ3n) is 3.99. The number of hydrogen-bond donors (Lipinski definition) is 1. The number of nitrogens with zero attached hydrogens (tertiary/aromatic N) is 1. The summed E-state index contributed by atoms with van der Waals surface area (Å²) in [6.45, 7) is 2.83. The van der Waals surface area contributed by atoms with E-state index in [2.05, 4.69) is 17.2 Å². The van der Waals surface area contributed by atoms with Gasteiger partial charge in [-0.1, -0.05) is 24.7 Å². The second kappa shape index (κ2) is 8.73. The molecule has 0 radical (unpaired) electrons. The molecule has 3 aromatic rings. The third kappa shape index (κ3) is 4.49. The first kappa shape index (κ1) is 19.0. The van der Waals surface area contributed by atoms with E-state index in [1.807, 2.05) is 18.2 Å². The molecule has 1 N–H and O–H groups in total. The smallest absolute Gasteiger partial charge is 0.257 e.